The fraction of sp³-hybridized carbons (Fsp3) is 0.0612. The first-order valence-electron chi connectivity index (χ1n) is 17.8. The zero-order chi connectivity index (χ0) is 34.8. The van der Waals surface area contributed by atoms with Crippen LogP contribution in [-0.4, -0.2) is 9.97 Å². The number of aromatic nitrogens is 2. The zero-order valence-corrected chi connectivity index (χ0v) is 29.8. The molecule has 2 heterocycles. The standard InChI is InChI=1S/C49H34N2S/c1-49(2)42-19-11-9-17-38(42)39-23-22-34(28-43(39)49)44-30-45(51-48(50-44)32-15-7-4-8-16-32)37-26-35(31-13-5-3-6-14-31)25-36(27-37)33-21-24-41-40-18-10-12-20-46(40)52-47(41)29-33/h3-30H,1-2H3. The predicted octanol–water partition coefficient (Wildman–Crippen LogP) is 13.5. The van der Waals surface area contributed by atoms with Crippen molar-refractivity contribution in [2.45, 2.75) is 19.3 Å². The third-order valence-electron chi connectivity index (χ3n) is 10.7. The molecule has 1 aliphatic carbocycles. The lowest BCUT2D eigenvalue weighted by atomic mass is 9.82. The minimum Gasteiger partial charge on any atom is -0.228 e. The lowest BCUT2D eigenvalue weighted by Gasteiger charge is -2.22. The van der Waals surface area contributed by atoms with Gasteiger partial charge in [0.2, 0.25) is 0 Å². The van der Waals surface area contributed by atoms with Crippen LogP contribution in [0, 0.1) is 0 Å². The molecule has 0 radical (unpaired) electrons. The van der Waals surface area contributed by atoms with Gasteiger partial charge in [-0.3, -0.25) is 0 Å². The summed E-state index contributed by atoms with van der Waals surface area (Å²) in [7, 11) is 0. The topological polar surface area (TPSA) is 25.8 Å². The highest BCUT2D eigenvalue weighted by Gasteiger charge is 2.35. The Labute approximate surface area is 307 Å². The molecule has 246 valence electrons. The molecule has 0 amide bonds. The van der Waals surface area contributed by atoms with E-state index in [1.807, 2.05) is 17.4 Å². The fourth-order valence-corrected chi connectivity index (χ4v) is 9.11. The van der Waals surface area contributed by atoms with Gasteiger partial charge in [0.1, 0.15) is 0 Å². The maximum absolute atomic E-state index is 5.27. The van der Waals surface area contributed by atoms with Crippen molar-refractivity contribution in [3.63, 3.8) is 0 Å². The number of hydrogen-bond donors (Lipinski definition) is 0. The molecule has 0 aliphatic heterocycles. The third kappa shape index (κ3) is 5.08. The van der Waals surface area contributed by atoms with E-state index in [2.05, 4.69) is 178 Å². The van der Waals surface area contributed by atoms with Crippen LogP contribution in [0.15, 0.2) is 170 Å². The van der Waals surface area contributed by atoms with E-state index in [0.717, 1.165) is 45.0 Å². The number of rotatable bonds is 5. The number of fused-ring (bicyclic) bond motifs is 6. The second-order valence-corrected chi connectivity index (χ2v) is 15.3. The lowest BCUT2D eigenvalue weighted by molar-refractivity contribution is 0.660. The Morgan fingerprint density at radius 1 is 0.385 bits per heavy atom. The smallest absolute Gasteiger partial charge is 0.160 e. The van der Waals surface area contributed by atoms with Gasteiger partial charge in [0.15, 0.2) is 5.82 Å². The van der Waals surface area contributed by atoms with Crippen molar-refractivity contribution in [1.82, 2.24) is 9.97 Å². The van der Waals surface area contributed by atoms with Crippen LogP contribution >= 0.6 is 11.3 Å². The molecule has 52 heavy (non-hydrogen) atoms. The van der Waals surface area contributed by atoms with Gasteiger partial charge < -0.3 is 0 Å². The second kappa shape index (κ2) is 12.0. The van der Waals surface area contributed by atoms with Crippen LogP contribution < -0.4 is 0 Å². The lowest BCUT2D eigenvalue weighted by Crippen LogP contribution is -2.14. The summed E-state index contributed by atoms with van der Waals surface area (Å²) >= 11 is 1.85. The predicted molar refractivity (Wildman–Crippen MR) is 220 cm³/mol. The Bertz CT molecular complexity index is 2810. The van der Waals surface area contributed by atoms with E-state index in [1.54, 1.807) is 0 Å². The molecule has 0 N–H and O–H groups in total. The summed E-state index contributed by atoms with van der Waals surface area (Å²) in [6.07, 6.45) is 0. The molecule has 7 aromatic carbocycles. The average molecular weight is 683 g/mol. The summed E-state index contributed by atoms with van der Waals surface area (Å²) in [4.78, 5) is 10.5. The van der Waals surface area contributed by atoms with E-state index >= 15 is 0 Å². The summed E-state index contributed by atoms with van der Waals surface area (Å²) in [6.45, 7) is 4.66. The van der Waals surface area contributed by atoms with Gasteiger partial charge in [0, 0.05) is 42.3 Å². The molecule has 0 saturated carbocycles. The number of thiophene rings is 1. The molecule has 0 fully saturated rings. The maximum Gasteiger partial charge on any atom is 0.160 e. The van der Waals surface area contributed by atoms with Gasteiger partial charge >= 0.3 is 0 Å². The molecule has 10 rings (SSSR count). The monoisotopic (exact) mass is 682 g/mol. The Hall–Kier alpha value is -6.16. The normalized spacial score (nSPS) is 13.0. The summed E-state index contributed by atoms with van der Waals surface area (Å²) in [6, 6.07) is 61.3. The van der Waals surface area contributed by atoms with E-state index in [4.69, 9.17) is 9.97 Å². The summed E-state index contributed by atoms with van der Waals surface area (Å²) in [5, 5.41) is 2.62. The Morgan fingerprint density at radius 2 is 0.981 bits per heavy atom. The minimum absolute atomic E-state index is 0.103. The van der Waals surface area contributed by atoms with Gasteiger partial charge in [0.25, 0.3) is 0 Å². The first kappa shape index (κ1) is 30.6. The molecule has 0 saturated heterocycles. The Morgan fingerprint density at radius 3 is 1.79 bits per heavy atom. The van der Waals surface area contributed by atoms with Crippen molar-refractivity contribution in [3.8, 4) is 67.3 Å². The largest absolute Gasteiger partial charge is 0.228 e. The first-order chi connectivity index (χ1) is 25.5. The van der Waals surface area contributed by atoms with Crippen LogP contribution in [0.5, 0.6) is 0 Å². The van der Waals surface area contributed by atoms with E-state index in [9.17, 15) is 0 Å². The third-order valence-corrected chi connectivity index (χ3v) is 11.8. The average Bonchev–Trinajstić information content (AvgIpc) is 3.69. The summed E-state index contributed by atoms with van der Waals surface area (Å²) < 4.78 is 2.61. The number of benzene rings is 7. The molecule has 9 aromatic rings. The quantitative estimate of drug-likeness (QED) is 0.181. The highest BCUT2D eigenvalue weighted by molar-refractivity contribution is 7.25. The molecule has 0 atom stereocenters. The Balaban J connectivity index is 1.17. The van der Waals surface area contributed by atoms with Crippen LogP contribution in [0.25, 0.3) is 87.5 Å². The number of nitrogens with zero attached hydrogens (tertiary/aromatic N) is 2. The van der Waals surface area contributed by atoms with Gasteiger partial charge in [-0.05, 0) is 87.0 Å². The molecular formula is C49H34N2S. The molecule has 2 aromatic heterocycles. The van der Waals surface area contributed by atoms with Gasteiger partial charge in [-0.2, -0.15) is 0 Å². The Kier molecular flexibility index (Phi) is 7.06. The molecule has 2 nitrogen and oxygen atoms in total. The molecular weight excluding hydrogens is 649 g/mol. The van der Waals surface area contributed by atoms with Gasteiger partial charge in [-0.15, -0.1) is 11.3 Å². The molecule has 1 aliphatic rings. The van der Waals surface area contributed by atoms with Crippen molar-refractivity contribution >= 4 is 31.5 Å². The summed E-state index contributed by atoms with van der Waals surface area (Å²) in [5.74, 6) is 0.717. The van der Waals surface area contributed by atoms with E-state index in [1.165, 1.54) is 53.6 Å². The molecule has 3 heteroatoms. The van der Waals surface area contributed by atoms with E-state index < -0.39 is 0 Å². The van der Waals surface area contributed by atoms with Crippen molar-refractivity contribution in [1.29, 1.82) is 0 Å². The molecule has 0 spiro atoms. The highest BCUT2D eigenvalue weighted by atomic mass is 32.1. The minimum atomic E-state index is -0.103. The summed E-state index contributed by atoms with van der Waals surface area (Å²) in [5.41, 5.74) is 14.9. The van der Waals surface area contributed by atoms with Crippen molar-refractivity contribution in [3.05, 3.63) is 181 Å². The van der Waals surface area contributed by atoms with Crippen LogP contribution in [0.3, 0.4) is 0 Å². The molecule has 0 unspecified atom stereocenters. The first-order valence-corrected chi connectivity index (χ1v) is 18.6. The van der Waals surface area contributed by atoms with Crippen LogP contribution in [0.2, 0.25) is 0 Å². The number of hydrogen-bond acceptors (Lipinski definition) is 3. The second-order valence-electron chi connectivity index (χ2n) is 14.2. The van der Waals surface area contributed by atoms with Gasteiger partial charge in [-0.25, -0.2) is 9.97 Å². The van der Waals surface area contributed by atoms with Crippen LogP contribution in [0.4, 0.5) is 0 Å². The fourth-order valence-electron chi connectivity index (χ4n) is 7.97. The molecule has 0 bridgehead atoms. The van der Waals surface area contributed by atoms with Crippen LogP contribution in [-0.2, 0) is 5.41 Å². The van der Waals surface area contributed by atoms with Gasteiger partial charge in [0.05, 0.1) is 11.4 Å². The van der Waals surface area contributed by atoms with Crippen molar-refractivity contribution in [2.24, 2.45) is 0 Å². The van der Waals surface area contributed by atoms with Crippen molar-refractivity contribution in [2.75, 3.05) is 0 Å². The van der Waals surface area contributed by atoms with Crippen LogP contribution in [0.1, 0.15) is 25.0 Å². The van der Waals surface area contributed by atoms with Crippen molar-refractivity contribution < 1.29 is 0 Å². The maximum atomic E-state index is 5.27. The van der Waals surface area contributed by atoms with E-state index in [-0.39, 0.29) is 5.41 Å². The SMILES string of the molecule is CC1(C)c2ccccc2-c2ccc(-c3cc(-c4cc(-c5ccccc5)cc(-c5ccc6c(c5)sc5ccccc56)c4)nc(-c4ccccc4)n3)cc21. The highest BCUT2D eigenvalue weighted by Crippen LogP contribution is 2.49. The van der Waals surface area contributed by atoms with E-state index in [0.29, 0.717) is 0 Å². The van der Waals surface area contributed by atoms with Gasteiger partial charge in [-0.1, -0.05) is 141 Å². The zero-order valence-electron chi connectivity index (χ0n) is 29.0.